The summed E-state index contributed by atoms with van der Waals surface area (Å²) in [4.78, 5) is 37.6. The van der Waals surface area contributed by atoms with Crippen LogP contribution in [-0.2, 0) is 23.9 Å². The second-order valence-corrected chi connectivity index (χ2v) is 9.42. The molecule has 5 N–H and O–H groups in total. The lowest BCUT2D eigenvalue weighted by molar-refractivity contribution is -0.122. The maximum atomic E-state index is 13.6. The summed E-state index contributed by atoms with van der Waals surface area (Å²) in [5, 5.41) is 18.9. The summed E-state index contributed by atoms with van der Waals surface area (Å²) in [6.45, 7) is 9.07. The van der Waals surface area contributed by atoms with Gasteiger partial charge in [0.25, 0.3) is 5.91 Å². The van der Waals surface area contributed by atoms with Gasteiger partial charge in [0.05, 0.1) is 19.3 Å². The Balaban J connectivity index is 0.000000429. The number of nitrogens with two attached hydrogens (primary N) is 1. The van der Waals surface area contributed by atoms with Gasteiger partial charge in [-0.1, -0.05) is 38.1 Å². The van der Waals surface area contributed by atoms with E-state index in [0.29, 0.717) is 44.8 Å². The highest BCUT2D eigenvalue weighted by atomic mass is 19.1. The number of aliphatic hydroxyl groups excluding tert-OH is 1. The predicted molar refractivity (Wildman–Crippen MR) is 166 cm³/mol. The van der Waals surface area contributed by atoms with Gasteiger partial charge in [0.2, 0.25) is 12.3 Å². The lowest BCUT2D eigenvalue weighted by Crippen LogP contribution is -2.33. The molecule has 1 aromatic rings. The van der Waals surface area contributed by atoms with Crippen LogP contribution in [0, 0.1) is 5.41 Å². The van der Waals surface area contributed by atoms with E-state index in [1.807, 2.05) is 38.1 Å². The SMILES string of the molecule is CC.CC(=O)N/C1=C/CC/C(F)=C(/C(=N)N)C=CC1.CC(CO)OCCN(C=O)c1cccc(N2CCCOCC2=O)c1. The Morgan fingerprint density at radius 3 is 2.77 bits per heavy atom. The summed E-state index contributed by atoms with van der Waals surface area (Å²) in [6, 6.07) is 7.29. The van der Waals surface area contributed by atoms with Crippen molar-refractivity contribution in [3.8, 4) is 0 Å². The summed E-state index contributed by atoms with van der Waals surface area (Å²) in [5.74, 6) is -0.901. The predicted octanol–water partition coefficient (Wildman–Crippen LogP) is 3.73. The fraction of sp³-hybridized carbons (Fsp3) is 0.484. The van der Waals surface area contributed by atoms with Gasteiger partial charge in [-0.25, -0.2) is 4.39 Å². The molecule has 1 saturated heterocycles. The Morgan fingerprint density at radius 2 is 2.12 bits per heavy atom. The molecule has 1 unspecified atom stereocenters. The molecule has 0 aromatic heterocycles. The van der Waals surface area contributed by atoms with Crippen LogP contribution in [0.25, 0.3) is 0 Å². The number of benzene rings is 1. The van der Waals surface area contributed by atoms with Crippen LogP contribution in [0.15, 0.2) is 59.6 Å². The number of amidine groups is 1. The molecule has 43 heavy (non-hydrogen) atoms. The van der Waals surface area contributed by atoms with E-state index < -0.39 is 5.83 Å². The molecule has 1 aliphatic heterocycles. The van der Waals surface area contributed by atoms with Crippen molar-refractivity contribution in [3.63, 3.8) is 0 Å². The fourth-order valence-corrected chi connectivity index (χ4v) is 4.00. The van der Waals surface area contributed by atoms with Crippen molar-refractivity contribution in [1.29, 1.82) is 5.41 Å². The van der Waals surface area contributed by atoms with E-state index in [2.05, 4.69) is 5.32 Å². The highest BCUT2D eigenvalue weighted by Gasteiger charge is 2.19. The Morgan fingerprint density at radius 1 is 1.37 bits per heavy atom. The first kappa shape index (κ1) is 37.2. The monoisotopic (exact) mass is 603 g/mol. The summed E-state index contributed by atoms with van der Waals surface area (Å²) in [5.41, 5.74) is 7.61. The first-order chi connectivity index (χ1) is 20.7. The van der Waals surface area contributed by atoms with Crippen LogP contribution in [0.1, 0.15) is 53.4 Å². The van der Waals surface area contributed by atoms with Crippen molar-refractivity contribution < 1.29 is 33.4 Å². The van der Waals surface area contributed by atoms with E-state index in [9.17, 15) is 18.8 Å². The Labute approximate surface area is 253 Å². The molecule has 0 bridgehead atoms. The fourth-order valence-electron chi connectivity index (χ4n) is 4.00. The van der Waals surface area contributed by atoms with Crippen LogP contribution < -0.4 is 20.9 Å². The molecule has 12 heteroatoms. The molecule has 0 spiro atoms. The second kappa shape index (κ2) is 20.9. The smallest absolute Gasteiger partial charge is 0.252 e. The normalized spacial score (nSPS) is 18.9. The number of carbonyl (C=O) groups is 3. The molecule has 1 fully saturated rings. The molecule has 0 saturated carbocycles. The van der Waals surface area contributed by atoms with E-state index in [0.717, 1.165) is 24.2 Å². The molecular weight excluding hydrogens is 557 g/mol. The Bertz CT molecular complexity index is 1150. The average Bonchev–Trinajstić information content (AvgIpc) is 3.16. The maximum Gasteiger partial charge on any atom is 0.252 e. The van der Waals surface area contributed by atoms with Crippen LogP contribution in [-0.4, -0.2) is 74.8 Å². The minimum absolute atomic E-state index is 0.0598. The van der Waals surface area contributed by atoms with Crippen molar-refractivity contribution in [2.24, 2.45) is 5.73 Å². The highest BCUT2D eigenvalue weighted by molar-refractivity contribution is 5.97. The minimum Gasteiger partial charge on any atom is -0.394 e. The number of carbonyl (C=O) groups excluding carboxylic acids is 3. The maximum absolute atomic E-state index is 13.6. The van der Waals surface area contributed by atoms with Gasteiger partial charge >= 0.3 is 0 Å². The lowest BCUT2D eigenvalue weighted by atomic mass is 10.1. The summed E-state index contributed by atoms with van der Waals surface area (Å²) < 4.78 is 24.2. The largest absolute Gasteiger partial charge is 0.394 e. The Kier molecular flexibility index (Phi) is 18.1. The van der Waals surface area contributed by atoms with Gasteiger partial charge in [-0.05, 0) is 38.0 Å². The van der Waals surface area contributed by atoms with Crippen molar-refractivity contribution >= 4 is 35.4 Å². The molecule has 0 radical (unpaired) electrons. The van der Waals surface area contributed by atoms with Crippen LogP contribution in [0.2, 0.25) is 0 Å². The average molecular weight is 604 g/mol. The molecule has 11 nitrogen and oxygen atoms in total. The van der Waals surface area contributed by atoms with Gasteiger partial charge in [0.1, 0.15) is 18.3 Å². The van der Waals surface area contributed by atoms with Gasteiger partial charge in [-0.15, -0.1) is 0 Å². The first-order valence-electron chi connectivity index (χ1n) is 14.4. The third-order valence-electron chi connectivity index (χ3n) is 6.08. The lowest BCUT2D eigenvalue weighted by Gasteiger charge is -2.23. The second-order valence-electron chi connectivity index (χ2n) is 9.42. The highest BCUT2D eigenvalue weighted by Crippen LogP contribution is 2.23. The molecule has 238 valence electrons. The zero-order valence-corrected chi connectivity index (χ0v) is 25.6. The number of nitrogens with zero attached hydrogens (tertiary/aromatic N) is 2. The number of anilines is 2. The number of nitrogens with one attached hydrogen (secondary N) is 2. The van der Waals surface area contributed by atoms with E-state index >= 15 is 0 Å². The standard InChI is InChI=1S/C17H24N2O5.C12H16FN3O.C2H6/c1-14(11-20)24-9-7-18(13-21)15-4-2-5-16(10-15)19-6-3-8-23-12-17(19)22;1-8(17)16-9-4-2-6-10(12(14)15)11(13)7-3-5-9;1-2/h2,4-5,10,13-14,20H,3,6-9,11-12H2,1H3;2,5-6H,3-4,7H2,1H3,(H3,14,15)(H,16,17);1-2H3/b;6-2?,9-5+,11-10-;. The number of hydrogen-bond acceptors (Lipinski definition) is 7. The van der Waals surface area contributed by atoms with Gasteiger partial charge in [0.15, 0.2) is 0 Å². The molecule has 1 aromatic carbocycles. The summed E-state index contributed by atoms with van der Waals surface area (Å²) in [6.07, 6.45) is 7.35. The van der Waals surface area contributed by atoms with Crippen LogP contribution in [0.4, 0.5) is 15.8 Å². The molecular formula is C31H46FN5O6. The van der Waals surface area contributed by atoms with Crippen molar-refractivity contribution in [1.82, 2.24) is 5.32 Å². The quantitative estimate of drug-likeness (QED) is 0.180. The Hall–Kier alpha value is -3.87. The minimum atomic E-state index is -0.394. The third kappa shape index (κ3) is 13.8. The number of ether oxygens (including phenoxy) is 2. The van der Waals surface area contributed by atoms with Crippen LogP contribution >= 0.6 is 0 Å². The number of hydrogen-bond donors (Lipinski definition) is 4. The first-order valence-corrected chi connectivity index (χ1v) is 14.4. The third-order valence-corrected chi connectivity index (χ3v) is 6.08. The van der Waals surface area contributed by atoms with Crippen molar-refractivity contribution in [2.45, 2.75) is 59.5 Å². The number of amides is 3. The van der Waals surface area contributed by atoms with E-state index in [1.54, 1.807) is 24.0 Å². The van der Waals surface area contributed by atoms with Crippen molar-refractivity contribution in [3.05, 3.63) is 59.6 Å². The number of allylic oxidation sites excluding steroid dienone is 3. The van der Waals surface area contributed by atoms with Crippen molar-refractivity contribution in [2.75, 3.05) is 49.3 Å². The number of rotatable bonds is 10. The van der Waals surface area contributed by atoms with Gasteiger partial charge < -0.3 is 35.4 Å². The van der Waals surface area contributed by atoms with Crippen LogP contribution in [0.3, 0.4) is 0 Å². The van der Waals surface area contributed by atoms with Gasteiger partial charge in [-0.3, -0.25) is 19.8 Å². The van der Waals surface area contributed by atoms with Gasteiger partial charge in [-0.2, -0.15) is 0 Å². The molecule has 3 rings (SSSR count). The van der Waals surface area contributed by atoms with E-state index in [4.69, 9.17) is 25.7 Å². The molecule has 1 heterocycles. The van der Waals surface area contributed by atoms with Gasteiger partial charge in [0, 0.05) is 62.1 Å². The van der Waals surface area contributed by atoms with E-state index in [1.165, 1.54) is 17.9 Å². The van der Waals surface area contributed by atoms with E-state index in [-0.39, 0.29) is 49.0 Å². The summed E-state index contributed by atoms with van der Waals surface area (Å²) in [7, 11) is 0. The molecule has 2 aliphatic rings. The summed E-state index contributed by atoms with van der Waals surface area (Å²) >= 11 is 0. The number of aliphatic hydroxyl groups is 1. The topological polar surface area (TPSA) is 158 Å². The molecule has 3 amide bonds. The zero-order valence-electron chi connectivity index (χ0n) is 25.6. The molecule has 1 aliphatic carbocycles. The number of halogens is 1. The molecule has 1 atom stereocenters. The zero-order chi connectivity index (χ0) is 32.2. The van der Waals surface area contributed by atoms with Crippen LogP contribution in [0.5, 0.6) is 0 Å².